The zero-order valence-electron chi connectivity index (χ0n) is 6.75. The van der Waals surface area contributed by atoms with Crippen molar-refractivity contribution in [1.82, 2.24) is 0 Å². The van der Waals surface area contributed by atoms with Gasteiger partial charge in [-0.25, -0.2) is 0 Å². The normalized spacial score (nSPS) is 9.23. The van der Waals surface area contributed by atoms with Gasteiger partial charge in [-0.3, -0.25) is 4.79 Å². The van der Waals surface area contributed by atoms with Gasteiger partial charge in [0, 0.05) is 5.56 Å². The average molecular weight is 195 g/mol. The average Bonchev–Trinajstić information content (AvgIpc) is 2.10. The Balaban J connectivity index is 2.98. The number of hydrogen-bond acceptors (Lipinski definition) is 3. The second kappa shape index (κ2) is 3.92. The van der Waals surface area contributed by atoms with Crippen LogP contribution in [0, 0.1) is 11.3 Å². The van der Waals surface area contributed by atoms with Crippen molar-refractivity contribution in [3.8, 4) is 6.07 Å². The fourth-order valence-corrected chi connectivity index (χ4v) is 1.01. The predicted molar refractivity (Wildman–Crippen MR) is 50.4 cm³/mol. The van der Waals surface area contributed by atoms with Crippen LogP contribution in [0.2, 0.25) is 5.02 Å². The first-order valence-corrected chi connectivity index (χ1v) is 3.98. The van der Waals surface area contributed by atoms with Crippen LogP contribution in [-0.4, -0.2) is 5.78 Å². The zero-order valence-corrected chi connectivity index (χ0v) is 7.51. The summed E-state index contributed by atoms with van der Waals surface area (Å²) in [6, 6.07) is 6.35. The lowest BCUT2D eigenvalue weighted by atomic mass is 10.1. The molecule has 0 spiro atoms. The Kier molecular flexibility index (Phi) is 2.88. The minimum Gasteiger partial charge on any atom is -0.398 e. The molecular weight excluding hydrogens is 188 g/mol. The number of rotatable bonds is 2. The molecule has 0 fully saturated rings. The molecule has 2 N–H and O–H groups in total. The van der Waals surface area contributed by atoms with Gasteiger partial charge in [0.15, 0.2) is 5.78 Å². The predicted octanol–water partition coefficient (Wildman–Crippen LogP) is 2.02. The van der Waals surface area contributed by atoms with Crippen LogP contribution in [0.1, 0.15) is 16.8 Å². The third-order valence-electron chi connectivity index (χ3n) is 1.56. The third kappa shape index (κ3) is 2.20. The first kappa shape index (κ1) is 9.56. The summed E-state index contributed by atoms with van der Waals surface area (Å²) < 4.78 is 0. The van der Waals surface area contributed by atoms with Gasteiger partial charge in [-0.1, -0.05) is 11.6 Å². The van der Waals surface area contributed by atoms with Crippen molar-refractivity contribution >= 4 is 23.1 Å². The Labute approximate surface area is 80.7 Å². The highest BCUT2D eigenvalue weighted by molar-refractivity contribution is 6.33. The number of anilines is 1. The molecule has 4 heteroatoms. The van der Waals surface area contributed by atoms with Gasteiger partial charge in [-0.2, -0.15) is 5.26 Å². The van der Waals surface area contributed by atoms with E-state index in [-0.39, 0.29) is 12.2 Å². The first-order chi connectivity index (χ1) is 6.15. The van der Waals surface area contributed by atoms with Crippen molar-refractivity contribution in [2.45, 2.75) is 6.42 Å². The number of nitriles is 1. The summed E-state index contributed by atoms with van der Waals surface area (Å²) in [6.07, 6.45) is -0.138. The van der Waals surface area contributed by atoms with E-state index in [2.05, 4.69) is 0 Å². The molecule has 3 nitrogen and oxygen atoms in total. The first-order valence-electron chi connectivity index (χ1n) is 3.60. The molecule has 0 bridgehead atoms. The van der Waals surface area contributed by atoms with Crippen LogP contribution in [-0.2, 0) is 0 Å². The molecule has 0 aliphatic heterocycles. The number of carbonyl (C=O) groups excluding carboxylic acids is 1. The Hall–Kier alpha value is -1.53. The van der Waals surface area contributed by atoms with Gasteiger partial charge in [0.1, 0.15) is 0 Å². The van der Waals surface area contributed by atoms with Gasteiger partial charge >= 0.3 is 0 Å². The number of nitrogens with zero attached hydrogens (tertiary/aromatic N) is 1. The second-order valence-electron chi connectivity index (χ2n) is 2.49. The van der Waals surface area contributed by atoms with Crippen molar-refractivity contribution in [3.05, 3.63) is 28.8 Å². The molecule has 0 radical (unpaired) electrons. The summed E-state index contributed by atoms with van der Waals surface area (Å²) in [4.78, 5) is 11.2. The molecule has 66 valence electrons. The van der Waals surface area contributed by atoms with Crippen LogP contribution in [0.25, 0.3) is 0 Å². The fourth-order valence-electron chi connectivity index (χ4n) is 0.891. The van der Waals surface area contributed by atoms with E-state index in [1.54, 1.807) is 18.2 Å². The molecule has 0 aromatic heterocycles. The van der Waals surface area contributed by atoms with E-state index in [1.807, 2.05) is 0 Å². The van der Waals surface area contributed by atoms with Gasteiger partial charge in [-0.15, -0.1) is 0 Å². The quantitative estimate of drug-likeness (QED) is 0.579. The Bertz CT molecular complexity index is 382. The molecule has 1 aromatic carbocycles. The van der Waals surface area contributed by atoms with E-state index >= 15 is 0 Å². The molecule has 0 saturated carbocycles. The number of nitrogen functional groups attached to an aromatic ring is 1. The van der Waals surface area contributed by atoms with Crippen molar-refractivity contribution in [1.29, 1.82) is 5.26 Å². The number of carbonyl (C=O) groups is 1. The van der Waals surface area contributed by atoms with Crippen LogP contribution in [0.4, 0.5) is 5.69 Å². The van der Waals surface area contributed by atoms with E-state index in [4.69, 9.17) is 22.6 Å². The number of halogens is 1. The SMILES string of the molecule is N#CCC(=O)c1ccc(Cl)c(N)c1. The summed E-state index contributed by atoms with van der Waals surface area (Å²) in [5, 5.41) is 8.70. The molecule has 13 heavy (non-hydrogen) atoms. The minimum absolute atomic E-state index is 0.138. The zero-order chi connectivity index (χ0) is 9.84. The largest absolute Gasteiger partial charge is 0.398 e. The van der Waals surface area contributed by atoms with Crippen LogP contribution in [0.15, 0.2) is 18.2 Å². The van der Waals surface area contributed by atoms with Gasteiger partial charge in [-0.05, 0) is 18.2 Å². The van der Waals surface area contributed by atoms with Crippen molar-refractivity contribution in [2.24, 2.45) is 0 Å². The molecule has 0 heterocycles. The minimum atomic E-state index is -0.245. The second-order valence-corrected chi connectivity index (χ2v) is 2.90. The van der Waals surface area contributed by atoms with Crippen LogP contribution in [0.3, 0.4) is 0 Å². The van der Waals surface area contributed by atoms with Crippen molar-refractivity contribution < 1.29 is 4.79 Å². The Morgan fingerprint density at radius 2 is 2.31 bits per heavy atom. The monoisotopic (exact) mass is 194 g/mol. The highest BCUT2D eigenvalue weighted by Gasteiger charge is 2.06. The number of benzene rings is 1. The molecule has 1 aromatic rings. The maximum absolute atomic E-state index is 11.2. The van der Waals surface area contributed by atoms with Gasteiger partial charge in [0.25, 0.3) is 0 Å². The molecule has 0 saturated heterocycles. The Morgan fingerprint density at radius 3 is 2.85 bits per heavy atom. The van der Waals surface area contributed by atoms with Crippen LogP contribution < -0.4 is 5.73 Å². The standard InChI is InChI=1S/C9H7ClN2O/c10-7-2-1-6(5-8(7)12)9(13)3-4-11/h1-2,5H,3,12H2. The highest BCUT2D eigenvalue weighted by Crippen LogP contribution is 2.19. The maximum atomic E-state index is 11.2. The molecule has 0 aliphatic rings. The van der Waals surface area contributed by atoms with Gasteiger partial charge in [0.2, 0.25) is 0 Å². The van der Waals surface area contributed by atoms with Crippen molar-refractivity contribution in [2.75, 3.05) is 5.73 Å². The third-order valence-corrected chi connectivity index (χ3v) is 1.90. The van der Waals surface area contributed by atoms with E-state index in [1.165, 1.54) is 6.07 Å². The molecule has 0 unspecified atom stereocenters. The maximum Gasteiger partial charge on any atom is 0.176 e. The lowest BCUT2D eigenvalue weighted by molar-refractivity contribution is 0.0998. The van der Waals surface area contributed by atoms with E-state index < -0.39 is 0 Å². The molecule has 0 amide bonds. The van der Waals surface area contributed by atoms with Crippen LogP contribution >= 0.6 is 11.6 Å². The topological polar surface area (TPSA) is 66.9 Å². The van der Waals surface area contributed by atoms with E-state index in [0.29, 0.717) is 16.3 Å². The summed E-state index contributed by atoms with van der Waals surface area (Å²) in [5.41, 5.74) is 6.26. The van der Waals surface area contributed by atoms with E-state index in [9.17, 15) is 4.79 Å². The lowest BCUT2D eigenvalue weighted by Gasteiger charge is -2.00. The molecule has 1 rings (SSSR count). The fraction of sp³-hybridized carbons (Fsp3) is 0.111. The lowest BCUT2D eigenvalue weighted by Crippen LogP contribution is -1.98. The van der Waals surface area contributed by atoms with Gasteiger partial charge in [0.05, 0.1) is 23.2 Å². The summed E-state index contributed by atoms with van der Waals surface area (Å²) in [5.74, 6) is -0.245. The van der Waals surface area contributed by atoms with Crippen molar-refractivity contribution in [3.63, 3.8) is 0 Å². The number of Topliss-reactive ketones (excluding diaryl/α,β-unsaturated/α-hetero) is 1. The summed E-state index contributed by atoms with van der Waals surface area (Å²) in [7, 11) is 0. The molecular formula is C9H7ClN2O. The Morgan fingerprint density at radius 1 is 1.62 bits per heavy atom. The highest BCUT2D eigenvalue weighted by atomic mass is 35.5. The summed E-state index contributed by atoms with van der Waals surface area (Å²) >= 11 is 5.66. The van der Waals surface area contributed by atoms with Gasteiger partial charge < -0.3 is 5.73 Å². The number of ketones is 1. The molecule has 0 aliphatic carbocycles. The smallest absolute Gasteiger partial charge is 0.176 e. The van der Waals surface area contributed by atoms with E-state index in [0.717, 1.165) is 0 Å². The number of hydrogen-bond donors (Lipinski definition) is 1. The number of nitrogens with two attached hydrogens (primary N) is 1. The summed E-state index contributed by atoms with van der Waals surface area (Å²) in [6.45, 7) is 0. The molecule has 0 atom stereocenters. The van der Waals surface area contributed by atoms with Crippen LogP contribution in [0.5, 0.6) is 0 Å².